The molecule has 0 aliphatic rings. The first-order valence-corrected chi connectivity index (χ1v) is 2.53. The summed E-state index contributed by atoms with van der Waals surface area (Å²) in [4.78, 5) is 20.2. The van der Waals surface area contributed by atoms with Crippen LogP contribution in [0.1, 0.15) is 5.82 Å². The molecule has 0 unspecified atom stereocenters. The number of tetrazole rings is 1. The molecule has 0 aliphatic carbocycles. The lowest BCUT2D eigenvalue weighted by Crippen LogP contribution is -2.04. The van der Waals surface area contributed by atoms with E-state index in [2.05, 4.69) is 20.6 Å². The van der Waals surface area contributed by atoms with E-state index in [1.807, 2.05) is 0 Å². The van der Waals surface area contributed by atoms with Gasteiger partial charge in [-0.25, -0.2) is 0 Å². The number of aldehydes is 1. The maximum absolute atomic E-state index is 10.4. The molecule has 10 heavy (non-hydrogen) atoms. The topological polar surface area (TPSA) is 88.6 Å². The zero-order valence-corrected chi connectivity index (χ0v) is 4.94. The molecule has 1 rings (SSSR count). The molecule has 6 heteroatoms. The van der Waals surface area contributed by atoms with Crippen LogP contribution in [0.25, 0.3) is 0 Å². The van der Waals surface area contributed by atoms with E-state index < -0.39 is 5.78 Å². The highest BCUT2D eigenvalue weighted by molar-refractivity contribution is 6.25. The molecule has 0 radical (unpaired) electrons. The van der Waals surface area contributed by atoms with Crippen LogP contribution in [0.4, 0.5) is 0 Å². The maximum atomic E-state index is 10.4. The van der Waals surface area contributed by atoms with Crippen LogP contribution in [0.5, 0.6) is 0 Å². The molecule has 1 heterocycles. The minimum atomic E-state index is -0.554. The Morgan fingerprint density at radius 3 is 3.00 bits per heavy atom. The van der Waals surface area contributed by atoms with Gasteiger partial charge >= 0.3 is 0 Å². The highest BCUT2D eigenvalue weighted by Crippen LogP contribution is 1.84. The van der Waals surface area contributed by atoms with Crippen molar-refractivity contribution in [1.29, 1.82) is 0 Å². The van der Waals surface area contributed by atoms with Gasteiger partial charge in [-0.15, -0.1) is 10.2 Å². The van der Waals surface area contributed by atoms with E-state index in [1.54, 1.807) is 0 Å². The summed E-state index contributed by atoms with van der Waals surface area (Å²) >= 11 is 0. The molecule has 1 aromatic rings. The number of carbonyl (C=O) groups excluding carboxylic acids is 2. The van der Waals surface area contributed by atoms with Crippen molar-refractivity contribution in [3.63, 3.8) is 0 Å². The Kier molecular flexibility index (Phi) is 1.83. The number of carbonyl (C=O) groups is 2. The summed E-state index contributed by atoms with van der Waals surface area (Å²) in [5, 5.41) is 12.3. The van der Waals surface area contributed by atoms with Crippen LogP contribution in [-0.2, 0) is 16.0 Å². The monoisotopic (exact) mass is 140 g/mol. The smallest absolute Gasteiger partial charge is 0.202 e. The predicted molar refractivity (Wildman–Crippen MR) is 29.0 cm³/mol. The van der Waals surface area contributed by atoms with Crippen molar-refractivity contribution in [3.05, 3.63) is 5.82 Å². The molecule has 0 spiro atoms. The summed E-state index contributed by atoms with van der Waals surface area (Å²) in [5.41, 5.74) is 0. The average molecular weight is 140 g/mol. The normalized spacial score (nSPS) is 9.20. The van der Waals surface area contributed by atoms with Gasteiger partial charge in [0.25, 0.3) is 0 Å². The molecular weight excluding hydrogens is 136 g/mol. The van der Waals surface area contributed by atoms with Gasteiger partial charge in [-0.3, -0.25) is 9.59 Å². The van der Waals surface area contributed by atoms with Gasteiger partial charge in [-0.2, -0.15) is 5.21 Å². The minimum absolute atomic E-state index is 0.0833. The van der Waals surface area contributed by atoms with Crippen molar-refractivity contribution in [1.82, 2.24) is 20.6 Å². The lowest BCUT2D eigenvalue weighted by atomic mass is 10.3. The number of aromatic nitrogens is 4. The Morgan fingerprint density at radius 2 is 2.50 bits per heavy atom. The highest BCUT2D eigenvalue weighted by Gasteiger charge is 2.04. The van der Waals surface area contributed by atoms with Gasteiger partial charge in [0.05, 0.1) is 6.42 Å². The molecular formula is C4H4N4O2. The zero-order valence-electron chi connectivity index (χ0n) is 4.94. The van der Waals surface area contributed by atoms with Gasteiger partial charge in [0.2, 0.25) is 5.78 Å². The van der Waals surface area contributed by atoms with E-state index in [4.69, 9.17) is 0 Å². The summed E-state index contributed by atoms with van der Waals surface area (Å²) in [5.74, 6) is -0.321. The molecule has 1 aromatic heterocycles. The predicted octanol–water partition coefficient (Wildman–Crippen LogP) is -1.49. The van der Waals surface area contributed by atoms with Gasteiger partial charge in [0.1, 0.15) is 0 Å². The summed E-state index contributed by atoms with van der Waals surface area (Å²) in [6.07, 6.45) is 0.149. The largest absolute Gasteiger partial charge is 0.295 e. The fourth-order valence-electron chi connectivity index (χ4n) is 0.455. The number of rotatable bonds is 3. The standard InChI is InChI=1S/C4H4N4O2/c9-2-3(10)1-4-5-7-8-6-4/h2H,1H2,(H,5,6,7,8). The molecule has 1 N–H and O–H groups in total. The van der Waals surface area contributed by atoms with Crippen LogP contribution in [0.3, 0.4) is 0 Å². The number of ketones is 1. The molecule has 6 nitrogen and oxygen atoms in total. The quantitative estimate of drug-likeness (QED) is 0.408. The summed E-state index contributed by atoms with van der Waals surface area (Å²) < 4.78 is 0. The van der Waals surface area contributed by atoms with E-state index in [9.17, 15) is 9.59 Å². The van der Waals surface area contributed by atoms with Crippen LogP contribution >= 0.6 is 0 Å². The van der Waals surface area contributed by atoms with Crippen LogP contribution in [0.15, 0.2) is 0 Å². The third-order valence-corrected chi connectivity index (χ3v) is 0.853. The van der Waals surface area contributed by atoms with E-state index in [-0.39, 0.29) is 18.5 Å². The van der Waals surface area contributed by atoms with Crippen LogP contribution < -0.4 is 0 Å². The Balaban J connectivity index is 2.56. The number of aromatic amines is 1. The van der Waals surface area contributed by atoms with Gasteiger partial charge < -0.3 is 0 Å². The third kappa shape index (κ3) is 1.44. The molecule has 0 atom stereocenters. The van der Waals surface area contributed by atoms with E-state index in [0.29, 0.717) is 0 Å². The third-order valence-electron chi connectivity index (χ3n) is 0.853. The molecule has 0 saturated carbocycles. The summed E-state index contributed by atoms with van der Waals surface area (Å²) in [7, 11) is 0. The highest BCUT2D eigenvalue weighted by atomic mass is 16.2. The molecule has 0 saturated heterocycles. The van der Waals surface area contributed by atoms with Gasteiger partial charge in [0, 0.05) is 0 Å². The first-order valence-electron chi connectivity index (χ1n) is 2.53. The number of nitrogens with zero attached hydrogens (tertiary/aromatic N) is 3. The second-order valence-electron chi connectivity index (χ2n) is 1.59. The van der Waals surface area contributed by atoms with Gasteiger partial charge in [-0.1, -0.05) is 5.21 Å². The van der Waals surface area contributed by atoms with Crippen molar-refractivity contribution in [2.24, 2.45) is 0 Å². The van der Waals surface area contributed by atoms with Crippen molar-refractivity contribution < 1.29 is 9.59 Å². The summed E-state index contributed by atoms with van der Waals surface area (Å²) in [6, 6.07) is 0. The lowest BCUT2D eigenvalue weighted by Gasteiger charge is -1.81. The Bertz CT molecular complexity index is 229. The SMILES string of the molecule is O=CC(=O)Cc1nn[nH]n1. The average Bonchev–Trinajstić information content (AvgIpc) is 2.40. The van der Waals surface area contributed by atoms with Crippen molar-refractivity contribution >= 4 is 12.1 Å². The van der Waals surface area contributed by atoms with Gasteiger partial charge in [0.15, 0.2) is 12.1 Å². The van der Waals surface area contributed by atoms with Gasteiger partial charge in [-0.05, 0) is 0 Å². The number of Topliss-reactive ketones (excluding diaryl/α,β-unsaturated/α-hetero) is 1. The van der Waals surface area contributed by atoms with Crippen LogP contribution in [-0.4, -0.2) is 32.7 Å². The number of hydrogen-bond donors (Lipinski definition) is 1. The molecule has 0 aromatic carbocycles. The van der Waals surface area contributed by atoms with E-state index in [0.717, 1.165) is 0 Å². The Morgan fingerprint density at radius 1 is 1.70 bits per heavy atom. The maximum Gasteiger partial charge on any atom is 0.202 e. The molecule has 0 bridgehead atoms. The molecule has 0 fully saturated rings. The van der Waals surface area contributed by atoms with Crippen LogP contribution in [0, 0.1) is 0 Å². The first kappa shape index (κ1) is 6.53. The fraction of sp³-hybridized carbons (Fsp3) is 0.250. The number of H-pyrrole nitrogens is 1. The van der Waals surface area contributed by atoms with Crippen LogP contribution in [0.2, 0.25) is 0 Å². The van der Waals surface area contributed by atoms with E-state index >= 15 is 0 Å². The first-order chi connectivity index (χ1) is 4.83. The second kappa shape index (κ2) is 2.81. The zero-order chi connectivity index (χ0) is 7.40. The van der Waals surface area contributed by atoms with Crippen molar-refractivity contribution in [2.75, 3.05) is 0 Å². The second-order valence-corrected chi connectivity index (χ2v) is 1.59. The Hall–Kier alpha value is -1.59. The Labute approximate surface area is 55.6 Å². The van der Waals surface area contributed by atoms with E-state index in [1.165, 1.54) is 0 Å². The lowest BCUT2D eigenvalue weighted by molar-refractivity contribution is -0.129. The van der Waals surface area contributed by atoms with Crippen molar-refractivity contribution in [2.45, 2.75) is 6.42 Å². The number of hydrogen-bond acceptors (Lipinski definition) is 5. The summed E-state index contributed by atoms with van der Waals surface area (Å²) in [6.45, 7) is 0. The number of nitrogens with one attached hydrogen (secondary N) is 1. The van der Waals surface area contributed by atoms with Crippen molar-refractivity contribution in [3.8, 4) is 0 Å². The molecule has 0 amide bonds. The minimum Gasteiger partial charge on any atom is -0.295 e. The molecule has 52 valence electrons. The fourth-order valence-corrected chi connectivity index (χ4v) is 0.455. The molecule has 0 aliphatic heterocycles.